The standard InChI is InChI=1S/C21H23ClN8O/c1-28(13-15-4-2-8-29(15)12-14-6-7-17(22)24-11-14)18-10-19-25-20(16-5-3-9-31-16)27-30(19)21(23)26-18/h3,5-7,9-11,15H,2,4,8,12-13H2,1H3,(H2,23,26). The van der Waals surface area contributed by atoms with Gasteiger partial charge in [-0.05, 0) is 43.1 Å². The molecule has 4 aromatic heterocycles. The minimum atomic E-state index is 0.292. The van der Waals surface area contributed by atoms with Crippen molar-refractivity contribution in [2.75, 3.05) is 30.8 Å². The lowest BCUT2D eigenvalue weighted by Crippen LogP contribution is -2.39. The molecule has 1 saturated heterocycles. The molecule has 0 bridgehead atoms. The summed E-state index contributed by atoms with van der Waals surface area (Å²) in [5.74, 6) is 2.14. The van der Waals surface area contributed by atoms with E-state index in [9.17, 15) is 0 Å². The van der Waals surface area contributed by atoms with Crippen LogP contribution in [0.25, 0.3) is 17.2 Å². The first-order valence-corrected chi connectivity index (χ1v) is 10.6. The lowest BCUT2D eigenvalue weighted by Gasteiger charge is -2.29. The van der Waals surface area contributed by atoms with E-state index in [-0.39, 0.29) is 0 Å². The van der Waals surface area contributed by atoms with Crippen LogP contribution < -0.4 is 10.6 Å². The van der Waals surface area contributed by atoms with E-state index in [2.05, 4.69) is 29.9 Å². The van der Waals surface area contributed by atoms with E-state index >= 15 is 0 Å². The summed E-state index contributed by atoms with van der Waals surface area (Å²) in [5.41, 5.74) is 7.97. The van der Waals surface area contributed by atoms with Crippen molar-refractivity contribution in [3.8, 4) is 11.6 Å². The van der Waals surface area contributed by atoms with E-state index in [0.29, 0.717) is 34.4 Å². The fourth-order valence-electron chi connectivity index (χ4n) is 4.06. The molecule has 0 aromatic carbocycles. The molecule has 4 aromatic rings. The largest absolute Gasteiger partial charge is 0.461 e. The Hall–Kier alpha value is -3.17. The molecule has 2 N–H and O–H groups in total. The third-order valence-electron chi connectivity index (χ3n) is 5.63. The van der Waals surface area contributed by atoms with Crippen LogP contribution >= 0.6 is 11.6 Å². The second-order valence-corrected chi connectivity index (χ2v) is 8.18. The SMILES string of the molecule is CN(CC1CCCN1Cc1ccc(Cl)nc1)c1cc2nc(-c3ccco3)nn2c(N)n1. The number of aromatic nitrogens is 5. The molecule has 1 atom stereocenters. The Morgan fingerprint density at radius 2 is 2.19 bits per heavy atom. The number of fused-ring (bicyclic) bond motifs is 1. The molecule has 0 saturated carbocycles. The Kier molecular flexibility index (Phi) is 5.21. The maximum absolute atomic E-state index is 6.18. The number of hydrogen-bond acceptors (Lipinski definition) is 8. The predicted molar refractivity (Wildman–Crippen MR) is 119 cm³/mol. The van der Waals surface area contributed by atoms with E-state index in [1.807, 2.05) is 37.5 Å². The summed E-state index contributed by atoms with van der Waals surface area (Å²) in [6.45, 7) is 2.75. The van der Waals surface area contributed by atoms with Crippen LogP contribution in [-0.4, -0.2) is 55.6 Å². The number of rotatable bonds is 6. The summed E-state index contributed by atoms with van der Waals surface area (Å²) in [6, 6.07) is 9.80. The molecule has 9 nitrogen and oxygen atoms in total. The molecule has 0 amide bonds. The zero-order chi connectivity index (χ0) is 21.4. The van der Waals surface area contributed by atoms with Gasteiger partial charge < -0.3 is 15.1 Å². The van der Waals surface area contributed by atoms with Gasteiger partial charge >= 0.3 is 0 Å². The van der Waals surface area contributed by atoms with Gasteiger partial charge in [-0.25, -0.2) is 9.97 Å². The number of anilines is 2. The van der Waals surface area contributed by atoms with Crippen molar-refractivity contribution in [2.45, 2.75) is 25.4 Å². The Labute approximate surface area is 184 Å². The Morgan fingerprint density at radius 1 is 1.29 bits per heavy atom. The minimum absolute atomic E-state index is 0.292. The van der Waals surface area contributed by atoms with E-state index in [1.54, 1.807) is 12.3 Å². The van der Waals surface area contributed by atoms with Crippen LogP contribution in [0.3, 0.4) is 0 Å². The van der Waals surface area contributed by atoms with Gasteiger partial charge in [-0.3, -0.25) is 4.90 Å². The number of furan rings is 1. The highest BCUT2D eigenvalue weighted by atomic mass is 35.5. The number of hydrogen-bond donors (Lipinski definition) is 1. The van der Waals surface area contributed by atoms with Crippen LogP contribution in [0, 0.1) is 0 Å². The number of nitrogen functional groups attached to an aromatic ring is 1. The summed E-state index contributed by atoms with van der Waals surface area (Å²) >= 11 is 5.91. The normalized spacial score (nSPS) is 16.9. The summed E-state index contributed by atoms with van der Waals surface area (Å²) in [4.78, 5) is 17.9. The molecule has 5 rings (SSSR count). The van der Waals surface area contributed by atoms with E-state index in [0.717, 1.165) is 37.4 Å². The first-order chi connectivity index (χ1) is 15.1. The maximum Gasteiger partial charge on any atom is 0.225 e. The number of halogens is 1. The minimum Gasteiger partial charge on any atom is -0.461 e. The van der Waals surface area contributed by atoms with Crippen LogP contribution in [0.1, 0.15) is 18.4 Å². The van der Waals surface area contributed by atoms with Gasteiger partial charge in [0, 0.05) is 38.4 Å². The van der Waals surface area contributed by atoms with Gasteiger partial charge in [0.2, 0.25) is 11.8 Å². The molecular formula is C21H23ClN8O. The summed E-state index contributed by atoms with van der Waals surface area (Å²) in [7, 11) is 2.03. The molecule has 5 heterocycles. The van der Waals surface area contributed by atoms with Crippen molar-refractivity contribution in [2.24, 2.45) is 0 Å². The van der Waals surface area contributed by atoms with E-state index < -0.39 is 0 Å². The van der Waals surface area contributed by atoms with Gasteiger partial charge in [0.1, 0.15) is 11.0 Å². The van der Waals surface area contributed by atoms with E-state index in [4.69, 9.17) is 21.8 Å². The Balaban J connectivity index is 1.33. The highest BCUT2D eigenvalue weighted by molar-refractivity contribution is 6.29. The predicted octanol–water partition coefficient (Wildman–Crippen LogP) is 3.12. The fraction of sp³-hybridized carbons (Fsp3) is 0.333. The van der Waals surface area contributed by atoms with Crippen molar-refractivity contribution in [3.63, 3.8) is 0 Å². The Morgan fingerprint density at radius 3 is 2.97 bits per heavy atom. The monoisotopic (exact) mass is 438 g/mol. The number of nitrogens with two attached hydrogens (primary N) is 1. The molecular weight excluding hydrogens is 416 g/mol. The summed E-state index contributed by atoms with van der Waals surface area (Å²) in [6.07, 6.45) is 5.75. The molecule has 1 aliphatic rings. The first-order valence-electron chi connectivity index (χ1n) is 10.2. The van der Waals surface area contributed by atoms with Gasteiger partial charge in [0.15, 0.2) is 11.4 Å². The van der Waals surface area contributed by atoms with Crippen molar-refractivity contribution >= 4 is 29.0 Å². The molecule has 160 valence electrons. The van der Waals surface area contributed by atoms with Crippen LogP contribution in [0.15, 0.2) is 47.2 Å². The topological polar surface area (TPSA) is 102 Å². The number of likely N-dealkylation sites (tertiary alicyclic amines) is 1. The van der Waals surface area contributed by atoms with Gasteiger partial charge in [-0.1, -0.05) is 17.7 Å². The average Bonchev–Trinajstić information content (AvgIpc) is 3.50. The van der Waals surface area contributed by atoms with Crippen molar-refractivity contribution in [3.05, 3.63) is 53.5 Å². The van der Waals surface area contributed by atoms with Crippen molar-refractivity contribution < 1.29 is 4.42 Å². The molecule has 0 radical (unpaired) electrons. The van der Waals surface area contributed by atoms with Gasteiger partial charge in [-0.2, -0.15) is 9.50 Å². The second kappa shape index (κ2) is 8.16. The van der Waals surface area contributed by atoms with Crippen LogP contribution in [0.4, 0.5) is 11.8 Å². The lowest BCUT2D eigenvalue weighted by molar-refractivity contribution is 0.248. The summed E-state index contributed by atoms with van der Waals surface area (Å²) in [5, 5.41) is 4.92. The fourth-order valence-corrected chi connectivity index (χ4v) is 4.17. The molecule has 31 heavy (non-hydrogen) atoms. The maximum atomic E-state index is 6.18. The molecule has 0 spiro atoms. The lowest BCUT2D eigenvalue weighted by atomic mass is 10.2. The molecule has 0 aliphatic carbocycles. The Bertz CT molecular complexity index is 1170. The quantitative estimate of drug-likeness (QED) is 0.458. The molecule has 1 fully saturated rings. The second-order valence-electron chi connectivity index (χ2n) is 7.79. The molecule has 10 heteroatoms. The zero-order valence-electron chi connectivity index (χ0n) is 17.1. The smallest absolute Gasteiger partial charge is 0.225 e. The average molecular weight is 439 g/mol. The highest BCUT2D eigenvalue weighted by Crippen LogP contribution is 2.24. The zero-order valence-corrected chi connectivity index (χ0v) is 17.9. The van der Waals surface area contributed by atoms with Gasteiger partial charge in [-0.15, -0.1) is 5.10 Å². The number of likely N-dealkylation sites (N-methyl/N-ethyl adjacent to an activating group) is 1. The van der Waals surface area contributed by atoms with Crippen LogP contribution in [-0.2, 0) is 6.54 Å². The van der Waals surface area contributed by atoms with Crippen molar-refractivity contribution in [1.29, 1.82) is 0 Å². The van der Waals surface area contributed by atoms with Gasteiger partial charge in [0.05, 0.1) is 6.26 Å². The molecule has 1 unspecified atom stereocenters. The van der Waals surface area contributed by atoms with Crippen LogP contribution in [0.2, 0.25) is 5.15 Å². The third kappa shape index (κ3) is 4.06. The molecule has 1 aliphatic heterocycles. The number of nitrogens with zero attached hydrogens (tertiary/aromatic N) is 7. The first kappa shape index (κ1) is 19.8. The number of pyridine rings is 1. The van der Waals surface area contributed by atoms with Crippen LogP contribution in [0.5, 0.6) is 0 Å². The van der Waals surface area contributed by atoms with Gasteiger partial charge in [0.25, 0.3) is 0 Å². The van der Waals surface area contributed by atoms with Crippen molar-refractivity contribution in [1.82, 2.24) is 29.5 Å². The highest BCUT2D eigenvalue weighted by Gasteiger charge is 2.26. The third-order valence-corrected chi connectivity index (χ3v) is 5.85. The van der Waals surface area contributed by atoms with E-state index in [1.165, 1.54) is 10.9 Å². The summed E-state index contributed by atoms with van der Waals surface area (Å²) < 4.78 is 6.93.